The van der Waals surface area contributed by atoms with Gasteiger partial charge in [0.1, 0.15) is 5.82 Å². The van der Waals surface area contributed by atoms with Crippen LogP contribution in [0.2, 0.25) is 0 Å². The van der Waals surface area contributed by atoms with Crippen LogP contribution in [0.3, 0.4) is 0 Å². The normalized spacial score (nSPS) is 11.3. The van der Waals surface area contributed by atoms with Gasteiger partial charge < -0.3 is 5.32 Å². The number of nitrogens with one attached hydrogen (secondary N) is 1. The topological polar surface area (TPSA) is 24.9 Å². The summed E-state index contributed by atoms with van der Waals surface area (Å²) >= 11 is 0. The average molecular weight is 328 g/mol. The van der Waals surface area contributed by atoms with Crippen LogP contribution in [0.25, 0.3) is 11.1 Å². The Kier molecular flexibility index (Phi) is 4.51. The van der Waals surface area contributed by atoms with Crippen molar-refractivity contribution < 1.29 is 13.2 Å². The third kappa shape index (κ3) is 3.74. The van der Waals surface area contributed by atoms with Crippen LogP contribution in [0, 0.1) is 0 Å². The molecule has 0 saturated heterocycles. The van der Waals surface area contributed by atoms with E-state index in [1.54, 1.807) is 18.2 Å². The largest absolute Gasteiger partial charge is 0.417 e. The molecule has 0 saturated carbocycles. The fourth-order valence-corrected chi connectivity index (χ4v) is 2.43. The van der Waals surface area contributed by atoms with Crippen LogP contribution in [-0.2, 0) is 12.7 Å². The zero-order valence-electron chi connectivity index (χ0n) is 12.7. The molecule has 0 aliphatic heterocycles. The summed E-state index contributed by atoms with van der Waals surface area (Å²) in [6.45, 7) is 0.603. The van der Waals surface area contributed by atoms with E-state index in [2.05, 4.69) is 10.3 Å². The number of alkyl halides is 3. The Morgan fingerprint density at radius 1 is 0.833 bits per heavy atom. The number of rotatable bonds is 4. The van der Waals surface area contributed by atoms with E-state index in [-0.39, 0.29) is 5.56 Å². The molecule has 0 radical (unpaired) electrons. The van der Waals surface area contributed by atoms with E-state index in [9.17, 15) is 13.2 Å². The molecule has 2 nitrogen and oxygen atoms in total. The van der Waals surface area contributed by atoms with Crippen molar-refractivity contribution in [2.24, 2.45) is 0 Å². The summed E-state index contributed by atoms with van der Waals surface area (Å²) in [5, 5.41) is 3.15. The van der Waals surface area contributed by atoms with Gasteiger partial charge >= 0.3 is 6.18 Å². The Morgan fingerprint density at radius 3 is 2.21 bits per heavy atom. The van der Waals surface area contributed by atoms with Gasteiger partial charge in [0.25, 0.3) is 0 Å². The minimum atomic E-state index is -4.39. The summed E-state index contributed by atoms with van der Waals surface area (Å²) < 4.78 is 39.3. The highest BCUT2D eigenvalue weighted by molar-refractivity contribution is 5.68. The van der Waals surface area contributed by atoms with Gasteiger partial charge in [0.05, 0.1) is 5.56 Å². The smallest absolute Gasteiger partial charge is 0.366 e. The van der Waals surface area contributed by atoms with Gasteiger partial charge in [0.15, 0.2) is 0 Å². The molecule has 3 rings (SSSR count). The van der Waals surface area contributed by atoms with E-state index >= 15 is 0 Å². The number of halogens is 3. The number of pyridine rings is 1. The zero-order valence-corrected chi connectivity index (χ0v) is 12.7. The molecule has 2 aromatic carbocycles. The molecule has 122 valence electrons. The molecule has 3 aromatic rings. The summed E-state index contributed by atoms with van der Waals surface area (Å²) in [5.74, 6) is 0.618. The van der Waals surface area contributed by atoms with Gasteiger partial charge in [0, 0.05) is 18.3 Å². The van der Waals surface area contributed by atoms with Crippen LogP contribution in [0.4, 0.5) is 19.0 Å². The number of aromatic nitrogens is 1. The SMILES string of the molecule is FC(F)(F)c1ccccc1-c1ccc(NCc2ccccc2)nc1. The second kappa shape index (κ2) is 6.74. The van der Waals surface area contributed by atoms with Crippen LogP contribution in [0.5, 0.6) is 0 Å². The van der Waals surface area contributed by atoms with Gasteiger partial charge in [-0.25, -0.2) is 4.98 Å². The summed E-state index contributed by atoms with van der Waals surface area (Å²) in [4.78, 5) is 4.21. The maximum atomic E-state index is 13.1. The molecular weight excluding hydrogens is 313 g/mol. The van der Waals surface area contributed by atoms with Crippen LogP contribution < -0.4 is 5.32 Å². The maximum Gasteiger partial charge on any atom is 0.417 e. The van der Waals surface area contributed by atoms with Gasteiger partial charge in [0.2, 0.25) is 0 Å². The molecule has 0 spiro atoms. The van der Waals surface area contributed by atoms with E-state index in [1.807, 2.05) is 30.3 Å². The predicted octanol–water partition coefficient (Wildman–Crippen LogP) is 5.38. The highest BCUT2D eigenvalue weighted by atomic mass is 19.4. The van der Waals surface area contributed by atoms with Crippen LogP contribution in [0.15, 0.2) is 72.9 Å². The maximum absolute atomic E-state index is 13.1. The Labute approximate surface area is 138 Å². The Bertz CT molecular complexity index is 797. The predicted molar refractivity (Wildman–Crippen MR) is 88.4 cm³/mol. The minimum absolute atomic E-state index is 0.132. The molecule has 0 aliphatic carbocycles. The molecule has 0 atom stereocenters. The molecule has 24 heavy (non-hydrogen) atoms. The van der Waals surface area contributed by atoms with Gasteiger partial charge in [-0.15, -0.1) is 0 Å². The summed E-state index contributed by atoms with van der Waals surface area (Å²) in [7, 11) is 0. The number of benzene rings is 2. The second-order valence-electron chi connectivity index (χ2n) is 5.31. The van der Waals surface area contributed by atoms with Crippen LogP contribution in [-0.4, -0.2) is 4.98 Å². The lowest BCUT2D eigenvalue weighted by Crippen LogP contribution is -2.07. The quantitative estimate of drug-likeness (QED) is 0.695. The molecule has 1 heterocycles. The monoisotopic (exact) mass is 328 g/mol. The molecule has 1 aromatic heterocycles. The second-order valence-corrected chi connectivity index (χ2v) is 5.31. The molecule has 5 heteroatoms. The summed E-state index contributed by atoms with van der Waals surface area (Å²) in [6, 6.07) is 18.6. The zero-order chi connectivity index (χ0) is 17.0. The van der Waals surface area contributed by atoms with Crippen molar-refractivity contribution in [1.29, 1.82) is 0 Å². The Balaban J connectivity index is 1.78. The van der Waals surface area contributed by atoms with E-state index in [4.69, 9.17) is 0 Å². The average Bonchev–Trinajstić information content (AvgIpc) is 2.61. The van der Waals surface area contributed by atoms with E-state index in [1.165, 1.54) is 18.3 Å². The van der Waals surface area contributed by atoms with Crippen molar-refractivity contribution in [2.45, 2.75) is 12.7 Å². The molecule has 0 aliphatic rings. The number of nitrogens with zero attached hydrogens (tertiary/aromatic N) is 1. The van der Waals surface area contributed by atoms with E-state index in [0.717, 1.165) is 11.6 Å². The third-order valence-corrected chi connectivity index (χ3v) is 3.62. The standard InChI is InChI=1S/C19H15F3N2/c20-19(21,22)17-9-5-4-8-16(17)15-10-11-18(24-13-15)23-12-14-6-2-1-3-7-14/h1-11,13H,12H2,(H,23,24). The van der Waals surface area contributed by atoms with Gasteiger partial charge in [-0.05, 0) is 29.3 Å². The lowest BCUT2D eigenvalue weighted by molar-refractivity contribution is -0.137. The van der Waals surface area contributed by atoms with Crippen LogP contribution >= 0.6 is 0 Å². The molecule has 0 bridgehead atoms. The first-order chi connectivity index (χ1) is 11.5. The highest BCUT2D eigenvalue weighted by Crippen LogP contribution is 2.36. The lowest BCUT2D eigenvalue weighted by Gasteiger charge is -2.13. The van der Waals surface area contributed by atoms with E-state index < -0.39 is 11.7 Å². The fourth-order valence-electron chi connectivity index (χ4n) is 2.43. The van der Waals surface area contributed by atoms with Crippen molar-refractivity contribution in [3.8, 4) is 11.1 Å². The van der Waals surface area contributed by atoms with Crippen molar-refractivity contribution in [2.75, 3.05) is 5.32 Å². The van der Waals surface area contributed by atoms with Crippen molar-refractivity contribution in [3.63, 3.8) is 0 Å². The lowest BCUT2D eigenvalue weighted by atomic mass is 10.0. The number of hydrogen-bond acceptors (Lipinski definition) is 2. The first kappa shape index (κ1) is 16.1. The van der Waals surface area contributed by atoms with Crippen LogP contribution in [0.1, 0.15) is 11.1 Å². The Morgan fingerprint density at radius 2 is 1.54 bits per heavy atom. The molecular formula is C19H15F3N2. The van der Waals surface area contributed by atoms with Crippen molar-refractivity contribution in [3.05, 3.63) is 84.1 Å². The first-order valence-corrected chi connectivity index (χ1v) is 7.44. The van der Waals surface area contributed by atoms with Gasteiger partial charge in [-0.2, -0.15) is 13.2 Å². The highest BCUT2D eigenvalue weighted by Gasteiger charge is 2.33. The molecule has 0 unspecified atom stereocenters. The third-order valence-electron chi connectivity index (χ3n) is 3.62. The minimum Gasteiger partial charge on any atom is -0.366 e. The fraction of sp³-hybridized carbons (Fsp3) is 0.105. The Hall–Kier alpha value is -2.82. The van der Waals surface area contributed by atoms with Crippen molar-refractivity contribution in [1.82, 2.24) is 4.98 Å². The first-order valence-electron chi connectivity index (χ1n) is 7.44. The summed E-state index contributed by atoms with van der Waals surface area (Å²) in [5.41, 5.74) is 1.02. The molecule has 0 fully saturated rings. The summed E-state index contributed by atoms with van der Waals surface area (Å²) in [6.07, 6.45) is -2.93. The van der Waals surface area contributed by atoms with Gasteiger partial charge in [-0.1, -0.05) is 48.5 Å². The molecule has 1 N–H and O–H groups in total. The van der Waals surface area contributed by atoms with E-state index in [0.29, 0.717) is 17.9 Å². The number of anilines is 1. The molecule has 0 amide bonds. The number of hydrogen-bond donors (Lipinski definition) is 1. The van der Waals surface area contributed by atoms with Gasteiger partial charge in [-0.3, -0.25) is 0 Å². The van der Waals surface area contributed by atoms with Crippen molar-refractivity contribution >= 4 is 5.82 Å².